The zero-order chi connectivity index (χ0) is 18.0. The second-order valence-corrected chi connectivity index (χ2v) is 5.83. The number of rotatable bonds is 4. The fourth-order valence-corrected chi connectivity index (χ4v) is 2.54. The summed E-state index contributed by atoms with van der Waals surface area (Å²) < 4.78 is 10.2. The van der Waals surface area contributed by atoms with E-state index in [1.807, 2.05) is 0 Å². The molecule has 1 aliphatic heterocycles. The number of esters is 2. The summed E-state index contributed by atoms with van der Waals surface area (Å²) in [6.07, 6.45) is 0.0768. The number of benzene rings is 2. The van der Waals surface area contributed by atoms with Gasteiger partial charge in [-0.1, -0.05) is 29.8 Å². The van der Waals surface area contributed by atoms with Gasteiger partial charge in [0.2, 0.25) is 5.78 Å². The van der Waals surface area contributed by atoms with Gasteiger partial charge in [0.25, 0.3) is 0 Å². The van der Waals surface area contributed by atoms with Crippen LogP contribution in [0.4, 0.5) is 0 Å². The van der Waals surface area contributed by atoms with Gasteiger partial charge in [0, 0.05) is 16.1 Å². The number of ether oxygens (including phenoxy) is 2. The molecule has 0 amide bonds. The molecule has 3 rings (SSSR count). The lowest BCUT2D eigenvalue weighted by molar-refractivity contribution is -0.140. The van der Waals surface area contributed by atoms with E-state index >= 15 is 0 Å². The third-order valence-corrected chi connectivity index (χ3v) is 3.91. The number of halogens is 1. The predicted octanol–water partition coefficient (Wildman–Crippen LogP) is 3.67. The number of cyclic esters (lactones) is 1. The van der Waals surface area contributed by atoms with Crippen molar-refractivity contribution in [2.45, 2.75) is 13.0 Å². The van der Waals surface area contributed by atoms with Crippen molar-refractivity contribution in [2.24, 2.45) is 0 Å². The molecule has 1 heterocycles. The van der Waals surface area contributed by atoms with Crippen LogP contribution in [-0.4, -0.2) is 23.8 Å². The summed E-state index contributed by atoms with van der Waals surface area (Å²) in [7, 11) is 0. The maximum Gasteiger partial charge on any atom is 0.344 e. The first-order chi connectivity index (χ1) is 12.0. The molecule has 0 saturated carbocycles. The number of Topliss-reactive ketones (excluding diaryl/α,β-unsaturated/α-hetero) is 1. The number of hydrogen-bond donors (Lipinski definition) is 0. The molecule has 2 aromatic rings. The summed E-state index contributed by atoms with van der Waals surface area (Å²) in [5.41, 5.74) is 1.28. The second-order valence-electron chi connectivity index (χ2n) is 5.39. The SMILES string of the molecule is CC(OC(=O)/C=C1/OC(=O)c2ccccc21)C(=O)c1ccc(Cl)cc1. The first-order valence-corrected chi connectivity index (χ1v) is 7.87. The number of carbonyl (C=O) groups is 3. The molecule has 2 aromatic carbocycles. The molecule has 0 fully saturated rings. The average Bonchev–Trinajstić information content (AvgIpc) is 2.91. The molecule has 1 atom stereocenters. The molecule has 0 aromatic heterocycles. The van der Waals surface area contributed by atoms with Gasteiger partial charge in [-0.3, -0.25) is 4.79 Å². The molecule has 6 heteroatoms. The van der Waals surface area contributed by atoms with Gasteiger partial charge in [-0.25, -0.2) is 9.59 Å². The van der Waals surface area contributed by atoms with E-state index in [-0.39, 0.29) is 11.5 Å². The molecule has 5 nitrogen and oxygen atoms in total. The van der Waals surface area contributed by atoms with E-state index in [0.717, 1.165) is 6.08 Å². The van der Waals surface area contributed by atoms with Gasteiger partial charge in [0.15, 0.2) is 6.10 Å². The largest absolute Gasteiger partial charge is 0.451 e. The van der Waals surface area contributed by atoms with E-state index in [1.54, 1.807) is 48.5 Å². The van der Waals surface area contributed by atoms with Crippen LogP contribution in [0.15, 0.2) is 54.6 Å². The van der Waals surface area contributed by atoms with Crippen LogP contribution in [-0.2, 0) is 14.3 Å². The number of hydrogen-bond acceptors (Lipinski definition) is 5. The zero-order valence-corrected chi connectivity index (χ0v) is 13.9. The fraction of sp³-hybridized carbons (Fsp3) is 0.105. The Hall–Kier alpha value is -2.92. The maximum absolute atomic E-state index is 12.3. The van der Waals surface area contributed by atoms with Gasteiger partial charge >= 0.3 is 11.9 Å². The third-order valence-electron chi connectivity index (χ3n) is 3.65. The Labute approximate surface area is 148 Å². The molecule has 1 aliphatic rings. The van der Waals surface area contributed by atoms with E-state index in [2.05, 4.69) is 0 Å². The van der Waals surface area contributed by atoms with Gasteiger partial charge in [0.05, 0.1) is 11.6 Å². The molecule has 0 radical (unpaired) electrons. The van der Waals surface area contributed by atoms with Crippen LogP contribution in [0.5, 0.6) is 0 Å². The molecule has 0 aliphatic carbocycles. The standard InChI is InChI=1S/C19H13ClO5/c1-11(18(22)12-6-8-13(20)9-7-12)24-17(21)10-16-14-4-2-3-5-15(14)19(23)25-16/h2-11H,1H3/b16-10+. The van der Waals surface area contributed by atoms with Crippen molar-refractivity contribution in [3.63, 3.8) is 0 Å². The van der Waals surface area contributed by atoms with E-state index in [4.69, 9.17) is 21.1 Å². The first-order valence-electron chi connectivity index (χ1n) is 7.49. The lowest BCUT2D eigenvalue weighted by atomic mass is 10.1. The van der Waals surface area contributed by atoms with Gasteiger partial charge in [-0.2, -0.15) is 0 Å². The van der Waals surface area contributed by atoms with E-state index < -0.39 is 18.0 Å². The van der Waals surface area contributed by atoms with Crippen molar-refractivity contribution in [3.05, 3.63) is 76.3 Å². The number of ketones is 1. The van der Waals surface area contributed by atoms with Gasteiger partial charge in [0.1, 0.15) is 5.76 Å². The Balaban J connectivity index is 1.71. The molecular weight excluding hydrogens is 344 g/mol. The van der Waals surface area contributed by atoms with Crippen molar-refractivity contribution in [3.8, 4) is 0 Å². The van der Waals surface area contributed by atoms with Crippen LogP contribution in [0.1, 0.15) is 33.2 Å². The van der Waals surface area contributed by atoms with E-state index in [0.29, 0.717) is 21.7 Å². The Morgan fingerprint density at radius 2 is 1.72 bits per heavy atom. The van der Waals surface area contributed by atoms with Crippen LogP contribution < -0.4 is 0 Å². The quantitative estimate of drug-likeness (QED) is 0.475. The summed E-state index contributed by atoms with van der Waals surface area (Å²) in [5, 5.41) is 0.507. The molecule has 0 N–H and O–H groups in total. The third kappa shape index (κ3) is 3.61. The minimum Gasteiger partial charge on any atom is -0.451 e. The predicted molar refractivity (Wildman–Crippen MR) is 91.2 cm³/mol. The minimum absolute atomic E-state index is 0.108. The Morgan fingerprint density at radius 1 is 1.08 bits per heavy atom. The summed E-state index contributed by atoms with van der Waals surface area (Å²) in [4.78, 5) is 36.0. The van der Waals surface area contributed by atoms with Gasteiger partial charge < -0.3 is 9.47 Å². The second kappa shape index (κ2) is 6.91. The minimum atomic E-state index is -0.988. The van der Waals surface area contributed by atoms with Crippen molar-refractivity contribution in [1.29, 1.82) is 0 Å². The highest BCUT2D eigenvalue weighted by Crippen LogP contribution is 2.29. The van der Waals surface area contributed by atoms with Crippen LogP contribution >= 0.6 is 11.6 Å². The molecular formula is C19H13ClO5. The first kappa shape index (κ1) is 16.9. The van der Waals surface area contributed by atoms with Crippen molar-refractivity contribution < 1.29 is 23.9 Å². The monoisotopic (exact) mass is 356 g/mol. The van der Waals surface area contributed by atoms with Crippen molar-refractivity contribution in [1.82, 2.24) is 0 Å². The van der Waals surface area contributed by atoms with Crippen LogP contribution in [0, 0.1) is 0 Å². The summed E-state index contributed by atoms with van der Waals surface area (Å²) in [6.45, 7) is 1.47. The van der Waals surface area contributed by atoms with E-state index in [9.17, 15) is 14.4 Å². The maximum atomic E-state index is 12.3. The van der Waals surface area contributed by atoms with Crippen LogP contribution in [0.25, 0.3) is 5.76 Å². The molecule has 25 heavy (non-hydrogen) atoms. The number of carbonyl (C=O) groups excluding carboxylic acids is 3. The van der Waals surface area contributed by atoms with Gasteiger partial charge in [-0.15, -0.1) is 0 Å². The summed E-state index contributed by atoms with van der Waals surface area (Å²) in [5.74, 6) is -1.54. The smallest absolute Gasteiger partial charge is 0.344 e. The molecule has 0 bridgehead atoms. The lowest BCUT2D eigenvalue weighted by Gasteiger charge is -2.11. The highest BCUT2D eigenvalue weighted by Gasteiger charge is 2.27. The summed E-state index contributed by atoms with van der Waals surface area (Å²) >= 11 is 5.78. The Kier molecular flexibility index (Phi) is 4.67. The number of fused-ring (bicyclic) bond motifs is 1. The zero-order valence-electron chi connectivity index (χ0n) is 13.2. The lowest BCUT2D eigenvalue weighted by Crippen LogP contribution is -2.23. The summed E-state index contributed by atoms with van der Waals surface area (Å²) in [6, 6.07) is 13.0. The molecule has 0 spiro atoms. The Bertz CT molecular complexity index is 883. The molecule has 1 unspecified atom stereocenters. The van der Waals surface area contributed by atoms with Crippen molar-refractivity contribution in [2.75, 3.05) is 0 Å². The average molecular weight is 357 g/mol. The normalized spacial score (nSPS) is 15.4. The fourth-order valence-electron chi connectivity index (χ4n) is 2.41. The highest BCUT2D eigenvalue weighted by molar-refractivity contribution is 6.30. The van der Waals surface area contributed by atoms with Crippen molar-refractivity contribution >= 4 is 35.1 Å². The van der Waals surface area contributed by atoms with Crippen LogP contribution in [0.3, 0.4) is 0 Å². The Morgan fingerprint density at radius 3 is 2.40 bits per heavy atom. The van der Waals surface area contributed by atoms with E-state index in [1.165, 1.54) is 6.92 Å². The molecule has 0 saturated heterocycles. The highest BCUT2D eigenvalue weighted by atomic mass is 35.5. The topological polar surface area (TPSA) is 69.7 Å². The molecule has 126 valence electrons. The van der Waals surface area contributed by atoms with Crippen LogP contribution in [0.2, 0.25) is 5.02 Å². The van der Waals surface area contributed by atoms with Gasteiger partial charge in [-0.05, 0) is 37.3 Å².